The van der Waals surface area contributed by atoms with Gasteiger partial charge in [-0.3, -0.25) is 4.31 Å². The Balaban J connectivity index is 2.16. The van der Waals surface area contributed by atoms with E-state index < -0.39 is 10.0 Å². The van der Waals surface area contributed by atoms with Crippen LogP contribution in [0.5, 0.6) is 0 Å². The highest BCUT2D eigenvalue weighted by Crippen LogP contribution is 2.34. The molecule has 0 unspecified atom stereocenters. The molecule has 0 saturated heterocycles. The molecule has 1 aromatic heterocycles. The summed E-state index contributed by atoms with van der Waals surface area (Å²) in [6.45, 7) is 3.93. The first-order valence-corrected chi connectivity index (χ1v) is 9.78. The Morgan fingerprint density at radius 3 is 2.33 bits per heavy atom. The normalized spacial score (nSPS) is 11.2. The monoisotopic (exact) mass is 355 g/mol. The molecule has 3 nitrogen and oxygen atoms in total. The molecule has 0 bridgehead atoms. The molecule has 0 aliphatic heterocycles. The maximum Gasteiger partial charge on any atom is 0.274 e. The largest absolute Gasteiger partial charge is 0.274 e. The Morgan fingerprint density at radius 2 is 1.67 bits per heavy atom. The lowest BCUT2D eigenvalue weighted by molar-refractivity contribution is 0.595. The summed E-state index contributed by atoms with van der Waals surface area (Å²) >= 11 is 1.22. The second kappa shape index (κ2) is 7.03. The van der Waals surface area contributed by atoms with Crippen LogP contribution >= 0.6 is 11.3 Å². The molecule has 3 aromatic rings. The van der Waals surface area contributed by atoms with Crippen LogP contribution in [-0.4, -0.2) is 15.0 Å². The summed E-state index contributed by atoms with van der Waals surface area (Å²) in [4.78, 5) is 0. The molecule has 0 amide bonds. The van der Waals surface area contributed by atoms with Gasteiger partial charge in [-0.05, 0) is 23.1 Å². The first-order chi connectivity index (χ1) is 11.6. The van der Waals surface area contributed by atoms with Crippen LogP contribution in [0.25, 0.3) is 11.1 Å². The van der Waals surface area contributed by atoms with Gasteiger partial charge in [0.05, 0.1) is 12.2 Å². The Bertz CT molecular complexity index is 917. The number of hydrogen-bond acceptors (Lipinski definition) is 3. The first kappa shape index (κ1) is 16.5. The highest BCUT2D eigenvalue weighted by atomic mass is 32.2. The lowest BCUT2D eigenvalue weighted by atomic mass is 10.0. The summed E-state index contributed by atoms with van der Waals surface area (Å²) in [6.07, 6.45) is 1.60. The van der Waals surface area contributed by atoms with Gasteiger partial charge in [0.2, 0.25) is 0 Å². The summed E-state index contributed by atoms with van der Waals surface area (Å²) in [5.41, 5.74) is 2.50. The van der Waals surface area contributed by atoms with Crippen molar-refractivity contribution in [3.8, 4) is 11.1 Å². The molecule has 0 radical (unpaired) electrons. The fraction of sp³-hybridized carbons (Fsp3) is 0.0526. The molecule has 3 rings (SSSR count). The highest BCUT2D eigenvalue weighted by Gasteiger charge is 2.26. The van der Waals surface area contributed by atoms with Gasteiger partial charge in [-0.15, -0.1) is 17.9 Å². The molecule has 0 aliphatic carbocycles. The lowest BCUT2D eigenvalue weighted by Gasteiger charge is -2.25. The van der Waals surface area contributed by atoms with Crippen LogP contribution in [0.15, 0.2) is 89.0 Å². The van der Waals surface area contributed by atoms with Gasteiger partial charge in [-0.25, -0.2) is 8.42 Å². The maximum absolute atomic E-state index is 13.1. The predicted molar refractivity (Wildman–Crippen MR) is 101 cm³/mol. The number of benzene rings is 2. The molecule has 1 heterocycles. The molecule has 122 valence electrons. The number of hydrogen-bond donors (Lipinski definition) is 0. The quantitative estimate of drug-likeness (QED) is 0.596. The summed E-state index contributed by atoms with van der Waals surface area (Å²) in [6, 6.07) is 20.7. The minimum absolute atomic E-state index is 0.212. The topological polar surface area (TPSA) is 37.4 Å². The minimum atomic E-state index is -3.62. The van der Waals surface area contributed by atoms with Gasteiger partial charge in [-0.2, -0.15) is 0 Å². The Kier molecular flexibility index (Phi) is 4.83. The molecule has 2 aromatic carbocycles. The molecule has 0 saturated carbocycles. The Labute approximate surface area is 146 Å². The van der Waals surface area contributed by atoms with Crippen molar-refractivity contribution in [2.24, 2.45) is 0 Å². The third-order valence-corrected chi connectivity index (χ3v) is 6.74. The molecule has 5 heteroatoms. The van der Waals surface area contributed by atoms with E-state index in [0.29, 0.717) is 9.90 Å². The molecule has 0 spiro atoms. The molecule has 0 atom stereocenters. The smallest absolute Gasteiger partial charge is 0.261 e. The van der Waals surface area contributed by atoms with Gasteiger partial charge in [-0.1, -0.05) is 60.7 Å². The molecular formula is C19H17NO2S2. The van der Waals surface area contributed by atoms with Gasteiger partial charge in [0.15, 0.2) is 0 Å². The zero-order valence-corrected chi connectivity index (χ0v) is 14.6. The molecular weight excluding hydrogens is 338 g/mol. The van der Waals surface area contributed by atoms with Gasteiger partial charge in [0.25, 0.3) is 10.0 Å². The van der Waals surface area contributed by atoms with Crippen LogP contribution in [0.1, 0.15) is 0 Å². The molecule has 0 N–H and O–H groups in total. The standard InChI is InChI=1S/C19H17NO2S2/c1-2-14-20(24(21,22)19-13-8-15-23-19)18-12-7-6-11-17(18)16-9-4-3-5-10-16/h2-13,15H,1,14H2. The summed E-state index contributed by atoms with van der Waals surface area (Å²) in [7, 11) is -3.62. The Hall–Kier alpha value is -2.37. The number of anilines is 1. The fourth-order valence-corrected chi connectivity index (χ4v) is 5.07. The number of sulfonamides is 1. The van der Waals surface area contributed by atoms with E-state index >= 15 is 0 Å². The average molecular weight is 355 g/mol. The molecule has 0 fully saturated rings. The molecule has 0 aliphatic rings. The summed E-state index contributed by atoms with van der Waals surface area (Å²) < 4.78 is 27.8. The van der Waals surface area contributed by atoms with Gasteiger partial charge >= 0.3 is 0 Å². The van der Waals surface area contributed by atoms with Crippen molar-refractivity contribution < 1.29 is 8.42 Å². The third-order valence-electron chi connectivity index (χ3n) is 3.59. The van der Waals surface area contributed by atoms with E-state index in [-0.39, 0.29) is 6.54 Å². The van der Waals surface area contributed by atoms with Crippen LogP contribution in [0, 0.1) is 0 Å². The van der Waals surface area contributed by atoms with Crippen LogP contribution in [0.4, 0.5) is 5.69 Å². The van der Waals surface area contributed by atoms with Crippen molar-refractivity contribution in [2.45, 2.75) is 4.21 Å². The van der Waals surface area contributed by atoms with Crippen molar-refractivity contribution in [3.63, 3.8) is 0 Å². The van der Waals surface area contributed by atoms with E-state index in [1.807, 2.05) is 54.6 Å². The van der Waals surface area contributed by atoms with E-state index in [1.165, 1.54) is 15.6 Å². The predicted octanol–water partition coefficient (Wildman–Crippen LogP) is 4.80. The van der Waals surface area contributed by atoms with Crippen LogP contribution in [0.2, 0.25) is 0 Å². The number of rotatable bonds is 6. The van der Waals surface area contributed by atoms with E-state index in [2.05, 4.69) is 6.58 Å². The Morgan fingerprint density at radius 1 is 0.958 bits per heavy atom. The summed E-state index contributed by atoms with van der Waals surface area (Å²) in [5, 5.41) is 1.77. The van der Waals surface area contributed by atoms with Crippen molar-refractivity contribution >= 4 is 27.0 Å². The van der Waals surface area contributed by atoms with Gasteiger partial charge < -0.3 is 0 Å². The van der Waals surface area contributed by atoms with Gasteiger partial charge in [0.1, 0.15) is 4.21 Å². The van der Waals surface area contributed by atoms with E-state index in [9.17, 15) is 8.42 Å². The van der Waals surface area contributed by atoms with E-state index in [4.69, 9.17) is 0 Å². The van der Waals surface area contributed by atoms with Gasteiger partial charge in [0, 0.05) is 5.56 Å². The second-order valence-electron chi connectivity index (χ2n) is 5.14. The van der Waals surface area contributed by atoms with Crippen molar-refractivity contribution in [1.82, 2.24) is 0 Å². The van der Waals surface area contributed by atoms with E-state index in [1.54, 1.807) is 23.6 Å². The average Bonchev–Trinajstić information content (AvgIpc) is 3.16. The maximum atomic E-state index is 13.1. The zero-order valence-electron chi connectivity index (χ0n) is 13.0. The van der Waals surface area contributed by atoms with Crippen molar-refractivity contribution in [1.29, 1.82) is 0 Å². The zero-order chi connectivity index (χ0) is 17.0. The van der Waals surface area contributed by atoms with Crippen molar-refractivity contribution in [3.05, 3.63) is 84.8 Å². The fourth-order valence-electron chi connectivity index (χ4n) is 2.52. The van der Waals surface area contributed by atoms with Crippen LogP contribution in [0.3, 0.4) is 0 Å². The van der Waals surface area contributed by atoms with Crippen LogP contribution in [-0.2, 0) is 10.0 Å². The number of para-hydroxylation sites is 1. The second-order valence-corrected chi connectivity index (χ2v) is 8.18. The number of nitrogens with zero attached hydrogens (tertiary/aromatic N) is 1. The number of thiophene rings is 1. The summed E-state index contributed by atoms with van der Waals surface area (Å²) in [5.74, 6) is 0. The molecule has 24 heavy (non-hydrogen) atoms. The van der Waals surface area contributed by atoms with Crippen molar-refractivity contribution in [2.75, 3.05) is 10.8 Å². The first-order valence-electron chi connectivity index (χ1n) is 7.46. The SMILES string of the molecule is C=CCN(c1ccccc1-c1ccccc1)S(=O)(=O)c1cccs1. The minimum Gasteiger partial charge on any atom is -0.261 e. The lowest BCUT2D eigenvalue weighted by Crippen LogP contribution is -2.31. The van der Waals surface area contributed by atoms with E-state index in [0.717, 1.165) is 11.1 Å². The van der Waals surface area contributed by atoms with Crippen LogP contribution < -0.4 is 4.31 Å². The highest BCUT2D eigenvalue weighted by molar-refractivity contribution is 7.94. The third kappa shape index (κ3) is 3.13.